The molecule has 2 heterocycles. The van der Waals surface area contributed by atoms with Gasteiger partial charge in [0.05, 0.1) is 0 Å². The van der Waals surface area contributed by atoms with E-state index in [9.17, 15) is 9.18 Å². The molecule has 0 bridgehead atoms. The quantitative estimate of drug-likeness (QED) is 0.757. The number of aromatic nitrogens is 2. The van der Waals surface area contributed by atoms with E-state index in [4.69, 9.17) is 9.47 Å². The third-order valence-corrected chi connectivity index (χ3v) is 4.12. The zero-order chi connectivity index (χ0) is 18.1. The van der Waals surface area contributed by atoms with Crippen molar-refractivity contribution in [2.45, 2.75) is 13.0 Å². The lowest BCUT2D eigenvalue weighted by Crippen LogP contribution is -2.40. The van der Waals surface area contributed by atoms with Crippen molar-refractivity contribution < 1.29 is 18.7 Å². The van der Waals surface area contributed by atoms with Crippen LogP contribution in [-0.2, 0) is 4.79 Å². The third kappa shape index (κ3) is 2.99. The van der Waals surface area contributed by atoms with Gasteiger partial charge in [-0.15, -0.1) is 0 Å². The normalized spacial score (nSPS) is 15.5. The van der Waals surface area contributed by atoms with E-state index < -0.39 is 6.10 Å². The Balaban J connectivity index is 1.55. The number of hydrogen-bond acceptors (Lipinski definition) is 4. The van der Waals surface area contributed by atoms with Gasteiger partial charge in [0.15, 0.2) is 17.3 Å². The van der Waals surface area contributed by atoms with Crippen LogP contribution in [0.4, 0.5) is 10.2 Å². The summed E-state index contributed by atoms with van der Waals surface area (Å²) < 4.78 is 24.5. The number of aryl methyl sites for hydroxylation is 1. The van der Waals surface area contributed by atoms with Crippen molar-refractivity contribution in [2.24, 2.45) is 0 Å². The molecule has 26 heavy (non-hydrogen) atoms. The smallest absolute Gasteiger partial charge is 0.270 e. The van der Waals surface area contributed by atoms with Crippen molar-refractivity contribution in [3.05, 3.63) is 60.0 Å². The number of para-hydroxylation sites is 2. The number of amides is 1. The number of fused-ring (bicyclic) bond motifs is 1. The number of ether oxygens (including phenoxy) is 2. The summed E-state index contributed by atoms with van der Waals surface area (Å²) in [6, 6.07) is 13.2. The zero-order valence-corrected chi connectivity index (χ0v) is 14.0. The number of nitrogens with one attached hydrogen (secondary N) is 2. The highest BCUT2D eigenvalue weighted by Crippen LogP contribution is 2.32. The predicted molar refractivity (Wildman–Crippen MR) is 93.7 cm³/mol. The van der Waals surface area contributed by atoms with E-state index in [1.807, 2.05) is 19.1 Å². The first-order chi connectivity index (χ1) is 12.6. The summed E-state index contributed by atoms with van der Waals surface area (Å²) in [5.74, 6) is 0.804. The van der Waals surface area contributed by atoms with Crippen LogP contribution in [-0.4, -0.2) is 28.8 Å². The lowest BCUT2D eigenvalue weighted by molar-refractivity contribution is -0.125. The highest BCUT2D eigenvalue weighted by molar-refractivity contribution is 5.97. The van der Waals surface area contributed by atoms with Gasteiger partial charge in [0.2, 0.25) is 6.10 Å². The van der Waals surface area contributed by atoms with E-state index in [1.54, 1.807) is 24.3 Å². The number of aromatic amines is 1. The number of benzene rings is 2. The maximum absolute atomic E-state index is 13.2. The van der Waals surface area contributed by atoms with Crippen LogP contribution in [0.2, 0.25) is 0 Å². The van der Waals surface area contributed by atoms with Crippen LogP contribution in [0.1, 0.15) is 5.69 Å². The summed E-state index contributed by atoms with van der Waals surface area (Å²) in [6.45, 7) is 1.94. The van der Waals surface area contributed by atoms with Gasteiger partial charge >= 0.3 is 0 Å². The molecule has 1 aliphatic rings. The molecule has 1 atom stereocenters. The fraction of sp³-hybridized carbons (Fsp3) is 0.158. The molecule has 7 heteroatoms. The van der Waals surface area contributed by atoms with Gasteiger partial charge in [-0.05, 0) is 36.8 Å². The van der Waals surface area contributed by atoms with Crippen molar-refractivity contribution >= 4 is 11.7 Å². The van der Waals surface area contributed by atoms with Gasteiger partial charge in [-0.1, -0.05) is 24.3 Å². The minimum Gasteiger partial charge on any atom is -0.485 e. The van der Waals surface area contributed by atoms with Gasteiger partial charge in [-0.2, -0.15) is 5.10 Å². The van der Waals surface area contributed by atoms with E-state index in [2.05, 4.69) is 15.5 Å². The second-order valence-electron chi connectivity index (χ2n) is 5.93. The largest absolute Gasteiger partial charge is 0.485 e. The lowest BCUT2D eigenvalue weighted by Gasteiger charge is -2.25. The van der Waals surface area contributed by atoms with Crippen LogP contribution in [0.25, 0.3) is 11.1 Å². The molecule has 0 radical (unpaired) electrons. The molecule has 0 saturated heterocycles. The van der Waals surface area contributed by atoms with Gasteiger partial charge in [-0.3, -0.25) is 9.89 Å². The molecule has 0 saturated carbocycles. The van der Waals surface area contributed by atoms with Crippen molar-refractivity contribution in [1.29, 1.82) is 0 Å². The predicted octanol–water partition coefficient (Wildman–Crippen LogP) is 3.30. The monoisotopic (exact) mass is 353 g/mol. The van der Waals surface area contributed by atoms with E-state index in [0.717, 1.165) is 11.3 Å². The fourth-order valence-electron chi connectivity index (χ4n) is 2.84. The molecule has 1 aliphatic heterocycles. The minimum absolute atomic E-state index is 0.109. The van der Waals surface area contributed by atoms with Crippen LogP contribution in [0.15, 0.2) is 48.5 Å². The Morgan fingerprint density at radius 2 is 1.92 bits per heavy atom. The topological polar surface area (TPSA) is 76.2 Å². The van der Waals surface area contributed by atoms with Crippen LogP contribution in [0.5, 0.6) is 11.5 Å². The molecular weight excluding hydrogens is 337 g/mol. The Kier molecular flexibility index (Phi) is 4.04. The molecule has 1 amide bonds. The Morgan fingerprint density at radius 3 is 2.69 bits per heavy atom. The summed E-state index contributed by atoms with van der Waals surface area (Å²) in [5, 5.41) is 9.76. The minimum atomic E-state index is -0.789. The van der Waals surface area contributed by atoms with Crippen LogP contribution in [0.3, 0.4) is 0 Å². The molecule has 2 aromatic carbocycles. The van der Waals surface area contributed by atoms with Gasteiger partial charge in [0.25, 0.3) is 5.91 Å². The maximum Gasteiger partial charge on any atom is 0.270 e. The van der Waals surface area contributed by atoms with E-state index in [1.165, 1.54) is 12.1 Å². The van der Waals surface area contributed by atoms with E-state index in [0.29, 0.717) is 22.9 Å². The highest BCUT2D eigenvalue weighted by Gasteiger charge is 2.28. The van der Waals surface area contributed by atoms with E-state index >= 15 is 0 Å². The van der Waals surface area contributed by atoms with Crippen LogP contribution < -0.4 is 14.8 Å². The average molecular weight is 353 g/mol. The number of rotatable bonds is 3. The van der Waals surface area contributed by atoms with Crippen molar-refractivity contribution in [1.82, 2.24) is 10.2 Å². The van der Waals surface area contributed by atoms with Crippen molar-refractivity contribution in [3.63, 3.8) is 0 Å². The molecular formula is C19H16FN3O3. The van der Waals surface area contributed by atoms with Gasteiger partial charge in [0, 0.05) is 11.3 Å². The number of anilines is 1. The summed E-state index contributed by atoms with van der Waals surface area (Å²) in [6.07, 6.45) is -0.789. The highest BCUT2D eigenvalue weighted by atomic mass is 19.1. The number of halogens is 1. The first-order valence-corrected chi connectivity index (χ1v) is 8.12. The molecule has 3 aromatic rings. The number of carbonyl (C=O) groups excluding carboxylic acids is 1. The SMILES string of the molecule is Cc1[nH]nc(NC(=O)[C@@H]2COc3ccccc3O2)c1-c1ccc(F)cc1. The fourth-order valence-corrected chi connectivity index (χ4v) is 2.84. The average Bonchev–Trinajstić information content (AvgIpc) is 3.02. The summed E-state index contributed by atoms with van der Waals surface area (Å²) in [4.78, 5) is 12.6. The zero-order valence-electron chi connectivity index (χ0n) is 14.0. The lowest BCUT2D eigenvalue weighted by atomic mass is 10.1. The van der Waals surface area contributed by atoms with Crippen LogP contribution >= 0.6 is 0 Å². The first-order valence-electron chi connectivity index (χ1n) is 8.12. The number of nitrogens with zero attached hydrogens (tertiary/aromatic N) is 1. The van der Waals surface area contributed by atoms with Gasteiger partial charge in [0.1, 0.15) is 12.4 Å². The second-order valence-corrected chi connectivity index (χ2v) is 5.93. The molecule has 0 spiro atoms. The third-order valence-electron chi connectivity index (χ3n) is 4.12. The van der Waals surface area contributed by atoms with Crippen LogP contribution in [0, 0.1) is 12.7 Å². The Hall–Kier alpha value is -3.35. The molecule has 1 aromatic heterocycles. The molecule has 4 rings (SSSR count). The molecule has 6 nitrogen and oxygen atoms in total. The molecule has 132 valence electrons. The van der Waals surface area contributed by atoms with Gasteiger partial charge in [-0.25, -0.2) is 4.39 Å². The second kappa shape index (κ2) is 6.51. The maximum atomic E-state index is 13.2. The number of H-pyrrole nitrogens is 1. The van der Waals surface area contributed by atoms with Crippen molar-refractivity contribution in [3.8, 4) is 22.6 Å². The van der Waals surface area contributed by atoms with Gasteiger partial charge < -0.3 is 14.8 Å². The summed E-state index contributed by atoms with van der Waals surface area (Å²) in [5.41, 5.74) is 2.22. The molecule has 2 N–H and O–H groups in total. The summed E-state index contributed by atoms with van der Waals surface area (Å²) >= 11 is 0. The molecule has 0 aliphatic carbocycles. The Bertz CT molecular complexity index is 953. The Labute approximate surface area is 149 Å². The Morgan fingerprint density at radius 1 is 1.19 bits per heavy atom. The summed E-state index contributed by atoms with van der Waals surface area (Å²) in [7, 11) is 0. The molecule has 0 unspecified atom stereocenters. The van der Waals surface area contributed by atoms with E-state index in [-0.39, 0.29) is 18.3 Å². The number of carbonyl (C=O) groups is 1. The number of hydrogen-bond donors (Lipinski definition) is 2. The molecule has 0 fully saturated rings. The standard InChI is InChI=1S/C19H16FN3O3/c1-11-17(12-6-8-13(20)9-7-12)18(23-22-11)21-19(24)16-10-25-14-4-2-3-5-15(14)26-16/h2-9,16H,10H2,1H3,(H2,21,22,23,24)/t16-/m0/s1. The van der Waals surface area contributed by atoms with Crippen molar-refractivity contribution in [2.75, 3.05) is 11.9 Å². The first kappa shape index (κ1) is 16.1.